The van der Waals surface area contributed by atoms with E-state index < -0.39 is 41.9 Å². The van der Waals surface area contributed by atoms with Crippen LogP contribution in [0, 0.1) is 37.2 Å². The van der Waals surface area contributed by atoms with Gasteiger partial charge in [0.15, 0.2) is 6.61 Å². The number of Topliss-reactive ketones (excluding diaryl/α,β-unsaturated/α-hetero) is 1. The molecule has 1 amide bonds. The fraction of sp³-hybridized carbons (Fsp3) is 0.296. The van der Waals surface area contributed by atoms with Crippen LogP contribution in [0.1, 0.15) is 44.9 Å². The number of hydrogen-bond donors (Lipinski definition) is 0. The molecule has 1 aliphatic rings. The molecule has 0 unspecified atom stereocenters. The second kappa shape index (κ2) is 10.4. The minimum absolute atomic E-state index is 0.206. The zero-order valence-corrected chi connectivity index (χ0v) is 19.9. The van der Waals surface area contributed by atoms with Gasteiger partial charge in [0.2, 0.25) is 5.78 Å². The van der Waals surface area contributed by atoms with Gasteiger partial charge in [-0.3, -0.25) is 14.4 Å². The summed E-state index contributed by atoms with van der Waals surface area (Å²) >= 11 is 0. The van der Waals surface area contributed by atoms with Gasteiger partial charge in [-0.2, -0.15) is 0 Å². The summed E-state index contributed by atoms with van der Waals surface area (Å²) in [4.78, 5) is 39.3. The molecular formula is C27H25F3N2O4. The van der Waals surface area contributed by atoms with Crippen LogP contribution in [-0.2, 0) is 9.53 Å². The number of hydrogen-bond acceptors (Lipinski definition) is 4. The molecule has 0 N–H and O–H groups in total. The predicted octanol–water partition coefficient (Wildman–Crippen LogP) is 4.79. The van der Waals surface area contributed by atoms with Crippen LogP contribution < -0.4 is 0 Å². The number of rotatable bonds is 6. The topological polar surface area (TPSA) is 68.6 Å². The Labute approximate surface area is 206 Å². The van der Waals surface area contributed by atoms with E-state index in [-0.39, 0.29) is 24.4 Å². The van der Waals surface area contributed by atoms with Gasteiger partial charge in [-0.15, -0.1) is 0 Å². The first-order valence-electron chi connectivity index (χ1n) is 11.5. The summed E-state index contributed by atoms with van der Waals surface area (Å²) < 4.78 is 47.7. The maximum absolute atomic E-state index is 13.9. The van der Waals surface area contributed by atoms with E-state index in [0.29, 0.717) is 35.9 Å². The Kier molecular flexibility index (Phi) is 7.28. The second-order valence-corrected chi connectivity index (χ2v) is 8.82. The highest BCUT2D eigenvalue weighted by molar-refractivity contribution is 5.99. The highest BCUT2D eigenvalue weighted by Gasteiger charge is 2.30. The number of carbonyl (C=O) groups excluding carboxylic acids is 3. The number of amides is 1. The standard InChI is InChI=1S/C27H25F3N2O4/c1-16-12-23(17(2)32(16)21-5-3-4-19(28)13-21)25(33)15-36-27(35)18-8-10-31(11-9-18)26(34)22-7-6-20(29)14-24(22)30/h3-7,12-14,18H,8-11,15H2,1-2H3. The van der Waals surface area contributed by atoms with E-state index in [0.717, 1.165) is 17.8 Å². The number of esters is 1. The highest BCUT2D eigenvalue weighted by Crippen LogP contribution is 2.24. The minimum Gasteiger partial charge on any atom is -0.457 e. The van der Waals surface area contributed by atoms with Gasteiger partial charge in [0.05, 0.1) is 11.5 Å². The molecule has 6 nitrogen and oxygen atoms in total. The van der Waals surface area contributed by atoms with Crippen LogP contribution in [0.5, 0.6) is 0 Å². The molecule has 0 aliphatic carbocycles. The van der Waals surface area contributed by atoms with E-state index in [1.165, 1.54) is 17.0 Å². The Hall–Kier alpha value is -3.88. The summed E-state index contributed by atoms with van der Waals surface area (Å²) in [6, 6.07) is 10.5. The van der Waals surface area contributed by atoms with E-state index in [9.17, 15) is 27.6 Å². The normalized spacial score (nSPS) is 14.1. The van der Waals surface area contributed by atoms with Crippen LogP contribution in [-0.4, -0.2) is 46.8 Å². The Balaban J connectivity index is 1.33. The van der Waals surface area contributed by atoms with Gasteiger partial charge in [-0.1, -0.05) is 6.07 Å². The lowest BCUT2D eigenvalue weighted by atomic mass is 9.96. The number of benzene rings is 2. The third kappa shape index (κ3) is 5.19. The van der Waals surface area contributed by atoms with Gasteiger partial charge in [0.1, 0.15) is 17.5 Å². The lowest BCUT2D eigenvalue weighted by Crippen LogP contribution is -2.41. The van der Waals surface area contributed by atoms with Crippen molar-refractivity contribution in [3.63, 3.8) is 0 Å². The van der Waals surface area contributed by atoms with Crippen molar-refractivity contribution in [1.29, 1.82) is 0 Å². The van der Waals surface area contributed by atoms with Crippen molar-refractivity contribution in [3.8, 4) is 5.69 Å². The molecule has 4 rings (SSSR count). The zero-order valence-electron chi connectivity index (χ0n) is 19.9. The quantitative estimate of drug-likeness (QED) is 0.362. The molecule has 1 aromatic heterocycles. The number of carbonyl (C=O) groups is 3. The van der Waals surface area contributed by atoms with Crippen LogP contribution in [0.2, 0.25) is 0 Å². The van der Waals surface area contributed by atoms with E-state index >= 15 is 0 Å². The molecule has 1 aliphatic heterocycles. The molecule has 0 spiro atoms. The lowest BCUT2D eigenvalue weighted by molar-refractivity contribution is -0.148. The number of piperidine rings is 1. The number of aromatic nitrogens is 1. The van der Waals surface area contributed by atoms with E-state index in [2.05, 4.69) is 0 Å². The summed E-state index contributed by atoms with van der Waals surface area (Å²) in [6.07, 6.45) is 0.603. The number of ketones is 1. The fourth-order valence-electron chi connectivity index (χ4n) is 4.54. The molecule has 0 atom stereocenters. The average molecular weight is 499 g/mol. The lowest BCUT2D eigenvalue weighted by Gasteiger charge is -2.31. The minimum atomic E-state index is -0.934. The summed E-state index contributed by atoms with van der Waals surface area (Å²) in [5.41, 5.74) is 2.09. The predicted molar refractivity (Wildman–Crippen MR) is 125 cm³/mol. The van der Waals surface area contributed by atoms with Gasteiger partial charge in [0.25, 0.3) is 5.91 Å². The number of aryl methyl sites for hydroxylation is 1. The van der Waals surface area contributed by atoms with Crippen molar-refractivity contribution in [2.45, 2.75) is 26.7 Å². The molecule has 3 aromatic rings. The maximum Gasteiger partial charge on any atom is 0.309 e. The van der Waals surface area contributed by atoms with Crippen molar-refractivity contribution in [1.82, 2.24) is 9.47 Å². The fourth-order valence-corrected chi connectivity index (χ4v) is 4.54. The van der Waals surface area contributed by atoms with E-state index in [1.807, 2.05) is 0 Å². The van der Waals surface area contributed by atoms with Crippen molar-refractivity contribution >= 4 is 17.7 Å². The molecule has 1 saturated heterocycles. The SMILES string of the molecule is Cc1cc(C(=O)COC(=O)C2CCN(C(=O)c3ccc(F)cc3F)CC2)c(C)n1-c1cccc(F)c1. The Morgan fingerprint density at radius 3 is 2.28 bits per heavy atom. The molecule has 188 valence electrons. The van der Waals surface area contributed by atoms with Gasteiger partial charge in [0, 0.05) is 41.8 Å². The van der Waals surface area contributed by atoms with Gasteiger partial charge < -0.3 is 14.2 Å². The monoisotopic (exact) mass is 498 g/mol. The molecule has 0 radical (unpaired) electrons. The first-order valence-corrected chi connectivity index (χ1v) is 11.5. The van der Waals surface area contributed by atoms with E-state index in [1.54, 1.807) is 36.6 Å². The number of halogens is 3. The van der Waals surface area contributed by atoms with Gasteiger partial charge in [-0.05, 0) is 63.1 Å². The Bertz CT molecular complexity index is 1330. The van der Waals surface area contributed by atoms with Gasteiger partial charge in [-0.25, -0.2) is 13.2 Å². The molecule has 0 saturated carbocycles. The van der Waals surface area contributed by atoms with E-state index in [4.69, 9.17) is 4.74 Å². The van der Waals surface area contributed by atoms with Gasteiger partial charge >= 0.3 is 5.97 Å². The Morgan fingerprint density at radius 1 is 0.917 bits per heavy atom. The third-order valence-corrected chi connectivity index (χ3v) is 6.42. The van der Waals surface area contributed by atoms with Crippen molar-refractivity contribution in [2.75, 3.05) is 19.7 Å². The summed E-state index contributed by atoms with van der Waals surface area (Å²) in [6.45, 7) is 3.51. The van der Waals surface area contributed by atoms with Crippen LogP contribution >= 0.6 is 0 Å². The number of likely N-dealkylation sites (tertiary alicyclic amines) is 1. The Morgan fingerprint density at radius 2 is 1.61 bits per heavy atom. The van der Waals surface area contributed by atoms with Crippen LogP contribution in [0.4, 0.5) is 13.2 Å². The molecule has 2 aromatic carbocycles. The van der Waals surface area contributed by atoms with Crippen LogP contribution in [0.3, 0.4) is 0 Å². The van der Waals surface area contributed by atoms with Crippen molar-refractivity contribution in [3.05, 3.63) is 88.5 Å². The zero-order chi connectivity index (χ0) is 26.0. The number of ether oxygens (including phenoxy) is 1. The largest absolute Gasteiger partial charge is 0.457 e. The van der Waals surface area contributed by atoms with Crippen LogP contribution in [0.15, 0.2) is 48.5 Å². The molecule has 1 fully saturated rings. The van der Waals surface area contributed by atoms with Crippen molar-refractivity contribution < 1.29 is 32.3 Å². The second-order valence-electron chi connectivity index (χ2n) is 8.82. The molecule has 36 heavy (non-hydrogen) atoms. The summed E-state index contributed by atoms with van der Waals surface area (Å²) in [5.74, 6) is -4.08. The summed E-state index contributed by atoms with van der Waals surface area (Å²) in [5, 5.41) is 0. The third-order valence-electron chi connectivity index (χ3n) is 6.42. The first kappa shape index (κ1) is 25.2. The smallest absolute Gasteiger partial charge is 0.309 e. The average Bonchev–Trinajstić information content (AvgIpc) is 3.15. The van der Waals surface area contributed by atoms with Crippen molar-refractivity contribution in [2.24, 2.45) is 5.92 Å². The molecule has 2 heterocycles. The molecule has 0 bridgehead atoms. The number of nitrogens with zero attached hydrogens (tertiary/aromatic N) is 2. The first-order chi connectivity index (χ1) is 17.2. The highest BCUT2D eigenvalue weighted by atomic mass is 19.1. The maximum atomic E-state index is 13.9. The van der Waals surface area contributed by atoms with Crippen LogP contribution in [0.25, 0.3) is 5.69 Å². The summed E-state index contributed by atoms with van der Waals surface area (Å²) in [7, 11) is 0. The molecule has 9 heteroatoms. The molecular weight excluding hydrogens is 473 g/mol.